The van der Waals surface area contributed by atoms with Gasteiger partial charge in [0, 0.05) is 6.08 Å². The first kappa shape index (κ1) is 13.6. The molecule has 0 bridgehead atoms. The first-order valence-corrected chi connectivity index (χ1v) is 4.11. The van der Waals surface area contributed by atoms with Crippen LogP contribution < -0.4 is 0 Å². The van der Waals surface area contributed by atoms with E-state index in [9.17, 15) is 9.59 Å². The summed E-state index contributed by atoms with van der Waals surface area (Å²) in [6.45, 7) is 0. The number of allylic oxidation sites excluding steroid dienone is 1. The van der Waals surface area contributed by atoms with Crippen molar-refractivity contribution in [2.75, 3.05) is 14.2 Å². The maximum absolute atomic E-state index is 11.0. The summed E-state index contributed by atoms with van der Waals surface area (Å²) in [4.78, 5) is 21.9. The van der Waals surface area contributed by atoms with Crippen molar-refractivity contribution in [3.8, 4) is 6.07 Å². The van der Waals surface area contributed by atoms with Crippen molar-refractivity contribution in [3.05, 3.63) is 22.6 Å². The Kier molecular flexibility index (Phi) is 5.95. The minimum absolute atomic E-state index is 0.0244. The van der Waals surface area contributed by atoms with E-state index in [1.807, 2.05) is 0 Å². The lowest BCUT2D eigenvalue weighted by molar-refractivity contribution is -0.139. The van der Waals surface area contributed by atoms with Crippen LogP contribution in [0.1, 0.15) is 6.42 Å². The topological polar surface area (TPSA) is 98.7 Å². The number of hydrogen-bond donors (Lipinski definition) is 0. The van der Waals surface area contributed by atoms with Gasteiger partial charge in [0.2, 0.25) is 0 Å². The summed E-state index contributed by atoms with van der Waals surface area (Å²) in [5.74, 6) is 0.180. The summed E-state index contributed by atoms with van der Waals surface area (Å²) in [7, 11) is 2.31. The van der Waals surface area contributed by atoms with Crippen molar-refractivity contribution in [2.45, 2.75) is 6.42 Å². The first-order valence-electron chi connectivity index (χ1n) is 4.11. The van der Waals surface area contributed by atoms with Crippen LogP contribution in [-0.4, -0.2) is 32.0 Å². The number of hydrogen-bond acceptors (Lipinski definition) is 5. The highest BCUT2D eigenvalue weighted by Gasteiger charge is 2.11. The van der Waals surface area contributed by atoms with E-state index in [0.717, 1.165) is 20.3 Å². The van der Waals surface area contributed by atoms with Crippen LogP contribution in [0.5, 0.6) is 0 Å². The monoisotopic (exact) mass is 221 g/mol. The van der Waals surface area contributed by atoms with Crippen molar-refractivity contribution in [3.63, 3.8) is 0 Å². The number of nitrogens with zero attached hydrogens (tertiary/aromatic N) is 2. The number of ether oxygens (including phenoxy) is 2. The molecule has 0 radical (unpaired) electrons. The van der Waals surface area contributed by atoms with Gasteiger partial charge in [0.1, 0.15) is 6.07 Å². The highest BCUT2D eigenvalue weighted by Crippen LogP contribution is 2.12. The van der Waals surface area contributed by atoms with Crippen LogP contribution in [0.2, 0.25) is 0 Å². The van der Waals surface area contributed by atoms with Gasteiger partial charge in [-0.15, -0.1) is 0 Å². The Morgan fingerprint density at radius 3 is 2.38 bits per heavy atom. The largest absolute Gasteiger partial charge is 0.762 e. The van der Waals surface area contributed by atoms with Gasteiger partial charge >= 0.3 is 11.9 Å². The number of rotatable bonds is 4. The molecule has 16 heavy (non-hydrogen) atoms. The number of methoxy groups -OCH3 is 2. The third kappa shape index (κ3) is 4.22. The molecular formula is C10H9N2O4-. The van der Waals surface area contributed by atoms with E-state index in [0.29, 0.717) is 0 Å². The fraction of sp³-hybridized carbons (Fsp3) is 0.300. The van der Waals surface area contributed by atoms with Crippen LogP contribution in [0.3, 0.4) is 0 Å². The standard InChI is InChI=1S/C10H9N2O4/c1-15-9(13)3-7(4-10(14)16-2)8(5-11)6-12/h3H,4H2,1-2H3/q-1. The molecule has 0 unspecified atom stereocenters. The molecule has 84 valence electrons. The van der Waals surface area contributed by atoms with Crippen LogP contribution in [0, 0.1) is 11.3 Å². The van der Waals surface area contributed by atoms with E-state index in [-0.39, 0.29) is 17.6 Å². The Morgan fingerprint density at radius 2 is 2.00 bits per heavy atom. The predicted octanol–water partition coefficient (Wildman–Crippen LogP) is 0.338. The van der Waals surface area contributed by atoms with Crippen molar-refractivity contribution in [2.24, 2.45) is 0 Å². The molecule has 0 rings (SSSR count). The molecule has 0 amide bonds. The average molecular weight is 221 g/mol. The number of nitriles is 1. The van der Waals surface area contributed by atoms with Crippen molar-refractivity contribution >= 4 is 17.8 Å². The van der Waals surface area contributed by atoms with Gasteiger partial charge in [0.05, 0.1) is 26.2 Å². The molecule has 0 aliphatic carbocycles. The van der Waals surface area contributed by atoms with E-state index in [4.69, 9.17) is 10.7 Å². The minimum atomic E-state index is -0.748. The summed E-state index contributed by atoms with van der Waals surface area (Å²) in [5.41, 5.74) is -0.348. The summed E-state index contributed by atoms with van der Waals surface area (Å²) < 4.78 is 8.71. The molecule has 0 aliphatic rings. The Hall–Kier alpha value is -2.38. The van der Waals surface area contributed by atoms with Gasteiger partial charge in [-0.2, -0.15) is 5.26 Å². The van der Waals surface area contributed by atoms with E-state index in [1.54, 1.807) is 11.9 Å². The molecule has 0 heterocycles. The molecule has 0 spiro atoms. The van der Waals surface area contributed by atoms with Crippen LogP contribution in [-0.2, 0) is 19.1 Å². The lowest BCUT2D eigenvalue weighted by atomic mass is 10.1. The van der Waals surface area contributed by atoms with Gasteiger partial charge in [-0.3, -0.25) is 10.7 Å². The van der Waals surface area contributed by atoms with Gasteiger partial charge in [0.15, 0.2) is 0 Å². The van der Waals surface area contributed by atoms with Gasteiger partial charge in [-0.1, -0.05) is 0 Å². The summed E-state index contributed by atoms with van der Waals surface area (Å²) in [5, 5.41) is 17.2. The first-order chi connectivity index (χ1) is 7.58. The van der Waals surface area contributed by atoms with E-state index >= 15 is 0 Å². The van der Waals surface area contributed by atoms with E-state index in [1.165, 1.54) is 0 Å². The van der Waals surface area contributed by atoms with E-state index < -0.39 is 11.9 Å². The second-order valence-corrected chi connectivity index (χ2v) is 2.54. The molecule has 0 aromatic heterocycles. The van der Waals surface area contributed by atoms with Gasteiger partial charge in [0.25, 0.3) is 0 Å². The molecule has 0 N–H and O–H groups in total. The Labute approximate surface area is 92.3 Å². The second-order valence-electron chi connectivity index (χ2n) is 2.54. The lowest BCUT2D eigenvalue weighted by Crippen LogP contribution is -2.06. The smallest absolute Gasteiger partial charge is 0.330 e. The number of carbonyl (C=O) groups is 2. The summed E-state index contributed by atoms with van der Waals surface area (Å²) in [6.07, 6.45) is 0.584. The molecule has 0 aliphatic heterocycles. The van der Waals surface area contributed by atoms with Crippen LogP contribution in [0.15, 0.2) is 17.2 Å². The highest BCUT2D eigenvalue weighted by molar-refractivity contribution is 5.89. The van der Waals surface area contributed by atoms with Crippen molar-refractivity contribution in [1.29, 1.82) is 5.26 Å². The van der Waals surface area contributed by atoms with Gasteiger partial charge < -0.3 is 14.9 Å². The van der Waals surface area contributed by atoms with Crippen LogP contribution >= 0.6 is 0 Å². The number of esters is 2. The highest BCUT2D eigenvalue weighted by atomic mass is 16.5. The molecule has 0 aromatic rings. The molecule has 0 saturated heterocycles. The fourth-order valence-corrected chi connectivity index (χ4v) is 0.809. The third-order valence-electron chi connectivity index (χ3n) is 1.60. The Bertz CT molecular complexity index is 411. The van der Waals surface area contributed by atoms with E-state index in [2.05, 4.69) is 9.47 Å². The molecule has 0 atom stereocenters. The normalized spacial score (nSPS) is 9.69. The Balaban J connectivity index is 5.15. The third-order valence-corrected chi connectivity index (χ3v) is 1.60. The molecule has 0 saturated carbocycles. The van der Waals surface area contributed by atoms with Gasteiger partial charge in [-0.25, -0.2) is 4.79 Å². The Morgan fingerprint density at radius 1 is 1.38 bits per heavy atom. The molecule has 0 fully saturated rings. The minimum Gasteiger partial charge on any atom is -0.762 e. The summed E-state index contributed by atoms with van der Waals surface area (Å²) >= 11 is 0. The number of carbonyl (C=O) groups excluding carboxylic acids is 2. The van der Waals surface area contributed by atoms with Crippen LogP contribution in [0.25, 0.3) is 5.41 Å². The lowest BCUT2D eigenvalue weighted by Gasteiger charge is -2.03. The second kappa shape index (κ2) is 6.98. The quantitative estimate of drug-likeness (QED) is 0.224. The maximum Gasteiger partial charge on any atom is 0.330 e. The zero-order chi connectivity index (χ0) is 12.6. The average Bonchev–Trinajstić information content (AvgIpc) is 2.29. The zero-order valence-electron chi connectivity index (χ0n) is 8.81. The fourth-order valence-electron chi connectivity index (χ4n) is 0.809. The molecule has 6 heteroatoms. The van der Waals surface area contributed by atoms with Gasteiger partial charge in [-0.05, 0) is 5.57 Å². The molecule has 0 aromatic carbocycles. The summed E-state index contributed by atoms with van der Waals surface area (Å²) in [6, 6.07) is 1.58. The maximum atomic E-state index is 11.0. The SMILES string of the molecule is COC(=O)C=C(CC(=O)OC)C(=C=[N-])C#N. The van der Waals surface area contributed by atoms with Crippen molar-refractivity contribution in [1.82, 2.24) is 0 Å². The molecule has 6 nitrogen and oxygen atoms in total. The predicted molar refractivity (Wildman–Crippen MR) is 54.2 cm³/mol. The van der Waals surface area contributed by atoms with Crippen LogP contribution in [0.4, 0.5) is 0 Å². The molecular weight excluding hydrogens is 212 g/mol. The van der Waals surface area contributed by atoms with Crippen molar-refractivity contribution < 1.29 is 19.1 Å². The zero-order valence-corrected chi connectivity index (χ0v) is 8.81.